The lowest BCUT2D eigenvalue weighted by Gasteiger charge is -2.12. The molecule has 20 heavy (non-hydrogen) atoms. The van der Waals surface area contributed by atoms with Crippen molar-refractivity contribution in [2.45, 2.75) is 20.8 Å². The maximum atomic E-state index is 12.1. The molecule has 1 aromatic rings. The lowest BCUT2D eigenvalue weighted by Crippen LogP contribution is -2.15. The molecule has 0 fully saturated rings. The van der Waals surface area contributed by atoms with Gasteiger partial charge in [0.15, 0.2) is 5.78 Å². The van der Waals surface area contributed by atoms with Crippen LogP contribution < -0.4 is 0 Å². The van der Waals surface area contributed by atoms with Gasteiger partial charge in [-0.1, -0.05) is 29.3 Å². The molecule has 0 saturated heterocycles. The topological polar surface area (TPSA) is 46.5 Å². The highest BCUT2D eigenvalue weighted by Crippen LogP contribution is 2.22. The third-order valence-electron chi connectivity index (χ3n) is 3.29. The van der Waals surface area contributed by atoms with E-state index in [1.54, 1.807) is 26.0 Å². The number of Topliss-reactive ketones (excluding diaryl/α,β-unsaturated/α-hetero) is 1. The molecule has 0 saturated carbocycles. The van der Waals surface area contributed by atoms with Crippen molar-refractivity contribution in [1.82, 2.24) is 0 Å². The van der Waals surface area contributed by atoms with Crippen LogP contribution in [0.15, 0.2) is 51.5 Å². The summed E-state index contributed by atoms with van der Waals surface area (Å²) in [5.41, 5.74) is 3.23. The van der Waals surface area contributed by atoms with Gasteiger partial charge in [-0.3, -0.25) is 9.59 Å². The van der Waals surface area contributed by atoms with E-state index in [-0.39, 0.29) is 16.7 Å². The first kappa shape index (κ1) is 14.4. The van der Waals surface area contributed by atoms with Crippen LogP contribution in [0.25, 0.3) is 0 Å². The summed E-state index contributed by atoms with van der Waals surface area (Å²) >= 11 is 5.86. The molecule has 4 heteroatoms. The molecule has 102 valence electrons. The van der Waals surface area contributed by atoms with Gasteiger partial charge in [-0.05, 0) is 44.6 Å². The molecule has 0 unspecified atom stereocenters. The average Bonchev–Trinajstić information content (AvgIpc) is 2.43. The van der Waals surface area contributed by atoms with E-state index in [0.29, 0.717) is 22.4 Å². The number of amides is 1. The van der Waals surface area contributed by atoms with Crippen molar-refractivity contribution in [3.63, 3.8) is 0 Å². The minimum Gasteiger partial charge on any atom is -0.288 e. The molecular weight excluding hydrogens is 274 g/mol. The number of hydrogen-bond donors (Lipinski definition) is 0. The minimum absolute atomic E-state index is 0.0866. The van der Waals surface area contributed by atoms with E-state index in [9.17, 15) is 9.59 Å². The Hall–Kier alpha value is -2.00. The lowest BCUT2D eigenvalue weighted by molar-refractivity contribution is -0.111. The Balaban J connectivity index is 2.38. The number of hydrogen-bond acceptors (Lipinski definition) is 2. The van der Waals surface area contributed by atoms with Crippen LogP contribution in [0.2, 0.25) is 0 Å². The predicted molar refractivity (Wildman–Crippen MR) is 80.3 cm³/mol. The Morgan fingerprint density at radius 3 is 2.25 bits per heavy atom. The number of aliphatic imine (C=N–C) groups is 1. The Kier molecular flexibility index (Phi) is 4.00. The third-order valence-corrected chi connectivity index (χ3v) is 3.57. The van der Waals surface area contributed by atoms with E-state index in [1.807, 2.05) is 19.1 Å². The van der Waals surface area contributed by atoms with Crippen LogP contribution in [0, 0.1) is 6.92 Å². The SMILES string of the molecule is CC1=C(C)C(=NC(=O)c2ccc(C)cc2)C=C(Cl)C1=O. The molecule has 0 N–H and O–H groups in total. The Morgan fingerprint density at radius 1 is 1.05 bits per heavy atom. The molecule has 2 rings (SSSR count). The van der Waals surface area contributed by atoms with Gasteiger partial charge in [-0.2, -0.15) is 0 Å². The first-order valence-corrected chi connectivity index (χ1v) is 6.57. The molecule has 3 nitrogen and oxygen atoms in total. The van der Waals surface area contributed by atoms with E-state index in [4.69, 9.17) is 11.6 Å². The van der Waals surface area contributed by atoms with Crippen molar-refractivity contribution < 1.29 is 9.59 Å². The van der Waals surface area contributed by atoms with Crippen molar-refractivity contribution >= 4 is 29.0 Å². The number of benzene rings is 1. The highest BCUT2D eigenvalue weighted by Gasteiger charge is 2.21. The summed E-state index contributed by atoms with van der Waals surface area (Å²) in [6.45, 7) is 5.39. The number of aryl methyl sites for hydroxylation is 1. The molecule has 0 heterocycles. The second-order valence-electron chi connectivity index (χ2n) is 4.74. The molecule has 0 aliphatic heterocycles. The highest BCUT2D eigenvalue weighted by atomic mass is 35.5. The van der Waals surface area contributed by atoms with Crippen molar-refractivity contribution in [2.24, 2.45) is 4.99 Å². The summed E-state index contributed by atoms with van der Waals surface area (Å²) in [6.07, 6.45) is 1.44. The summed E-state index contributed by atoms with van der Waals surface area (Å²) in [6, 6.07) is 7.17. The number of ketones is 1. The maximum Gasteiger partial charge on any atom is 0.277 e. The van der Waals surface area contributed by atoms with Gasteiger partial charge >= 0.3 is 0 Å². The second-order valence-corrected chi connectivity index (χ2v) is 5.15. The standard InChI is InChI=1S/C16H14ClNO2/c1-9-4-6-12(7-5-9)16(20)18-14-8-13(17)15(19)11(3)10(14)2/h4-8H,1-3H3. The van der Waals surface area contributed by atoms with Crippen LogP contribution >= 0.6 is 11.6 Å². The Labute approximate surface area is 122 Å². The smallest absolute Gasteiger partial charge is 0.277 e. The van der Waals surface area contributed by atoms with Gasteiger partial charge in [0.25, 0.3) is 5.91 Å². The molecule has 0 atom stereocenters. The maximum absolute atomic E-state index is 12.1. The van der Waals surface area contributed by atoms with Crippen LogP contribution in [0.3, 0.4) is 0 Å². The van der Waals surface area contributed by atoms with Crippen LogP contribution in [0.5, 0.6) is 0 Å². The van der Waals surface area contributed by atoms with Gasteiger partial charge in [-0.15, -0.1) is 0 Å². The molecule has 1 aliphatic carbocycles. The van der Waals surface area contributed by atoms with E-state index < -0.39 is 0 Å². The van der Waals surface area contributed by atoms with Gasteiger partial charge in [0.1, 0.15) is 0 Å². The van der Waals surface area contributed by atoms with Gasteiger partial charge in [0, 0.05) is 11.1 Å². The highest BCUT2D eigenvalue weighted by molar-refractivity contribution is 6.48. The molecular formula is C16H14ClNO2. The fourth-order valence-electron chi connectivity index (χ4n) is 1.82. The molecule has 0 aromatic heterocycles. The van der Waals surface area contributed by atoms with E-state index >= 15 is 0 Å². The first-order chi connectivity index (χ1) is 9.40. The van der Waals surface area contributed by atoms with Gasteiger partial charge in [0.2, 0.25) is 0 Å². The van der Waals surface area contributed by atoms with Crippen molar-refractivity contribution in [3.05, 3.63) is 57.6 Å². The largest absolute Gasteiger partial charge is 0.288 e. The van der Waals surface area contributed by atoms with Crippen molar-refractivity contribution in [1.29, 1.82) is 0 Å². The summed E-state index contributed by atoms with van der Waals surface area (Å²) in [4.78, 5) is 27.8. The van der Waals surface area contributed by atoms with Crippen LogP contribution in [0.1, 0.15) is 29.8 Å². The predicted octanol–water partition coefficient (Wildman–Crippen LogP) is 3.62. The van der Waals surface area contributed by atoms with E-state index in [0.717, 1.165) is 5.56 Å². The fraction of sp³-hybridized carbons (Fsp3) is 0.188. The number of allylic oxidation sites excluding steroid dienone is 4. The number of nitrogens with zero attached hydrogens (tertiary/aromatic N) is 1. The van der Waals surface area contributed by atoms with Gasteiger partial charge in [0.05, 0.1) is 10.7 Å². The quantitative estimate of drug-likeness (QED) is 0.741. The molecule has 0 bridgehead atoms. The minimum atomic E-state index is -0.345. The molecule has 0 radical (unpaired) electrons. The number of carbonyl (C=O) groups excluding carboxylic acids is 2. The fourth-order valence-corrected chi connectivity index (χ4v) is 2.07. The Bertz CT molecular complexity index is 679. The number of halogens is 1. The molecule has 1 aromatic carbocycles. The molecule has 1 aliphatic rings. The third kappa shape index (κ3) is 2.78. The summed E-state index contributed by atoms with van der Waals surface area (Å²) < 4.78 is 0. The zero-order chi connectivity index (χ0) is 14.9. The van der Waals surface area contributed by atoms with Crippen molar-refractivity contribution in [3.8, 4) is 0 Å². The zero-order valence-electron chi connectivity index (χ0n) is 11.5. The normalized spacial score (nSPS) is 17.5. The average molecular weight is 288 g/mol. The van der Waals surface area contributed by atoms with Crippen molar-refractivity contribution in [2.75, 3.05) is 0 Å². The van der Waals surface area contributed by atoms with Crippen LogP contribution in [0.4, 0.5) is 0 Å². The first-order valence-electron chi connectivity index (χ1n) is 6.19. The molecule has 0 spiro atoms. The zero-order valence-corrected chi connectivity index (χ0v) is 12.3. The van der Waals surface area contributed by atoms with Gasteiger partial charge in [-0.25, -0.2) is 4.99 Å². The Morgan fingerprint density at radius 2 is 1.65 bits per heavy atom. The molecule has 1 amide bonds. The van der Waals surface area contributed by atoms with E-state index in [2.05, 4.69) is 4.99 Å². The summed E-state index contributed by atoms with van der Waals surface area (Å²) in [5, 5.41) is 0.0866. The number of carbonyl (C=O) groups is 2. The second kappa shape index (κ2) is 5.55. The summed E-state index contributed by atoms with van der Waals surface area (Å²) in [5.74, 6) is -0.562. The number of rotatable bonds is 1. The van der Waals surface area contributed by atoms with Gasteiger partial charge < -0.3 is 0 Å². The monoisotopic (exact) mass is 287 g/mol. The van der Waals surface area contributed by atoms with E-state index in [1.165, 1.54) is 6.08 Å². The lowest BCUT2D eigenvalue weighted by atomic mass is 9.96. The summed E-state index contributed by atoms with van der Waals surface area (Å²) in [7, 11) is 0. The van der Waals surface area contributed by atoms with Crippen LogP contribution in [-0.4, -0.2) is 17.4 Å². The van der Waals surface area contributed by atoms with Crippen LogP contribution in [-0.2, 0) is 4.79 Å².